The molecule has 0 amide bonds. The van der Waals surface area contributed by atoms with Crippen molar-refractivity contribution in [2.45, 2.75) is 64.1 Å². The molecule has 0 spiro atoms. The van der Waals surface area contributed by atoms with Gasteiger partial charge in [-0.3, -0.25) is 0 Å². The minimum Gasteiger partial charge on any atom is -0.508 e. The summed E-state index contributed by atoms with van der Waals surface area (Å²) in [4.78, 5) is 0. The molecule has 25 heavy (non-hydrogen) atoms. The summed E-state index contributed by atoms with van der Waals surface area (Å²) >= 11 is 0. The van der Waals surface area contributed by atoms with Gasteiger partial charge in [0.05, 0.1) is 0 Å². The Morgan fingerprint density at radius 2 is 1.48 bits per heavy atom. The molecule has 1 aliphatic carbocycles. The predicted octanol–water partition coefficient (Wildman–Crippen LogP) is 4.44. The van der Waals surface area contributed by atoms with Crippen LogP contribution in [0.15, 0.2) is 36.4 Å². The number of phenolic OH excluding ortho intramolecular Hbond substituents is 1. The summed E-state index contributed by atoms with van der Waals surface area (Å²) in [5.41, 5.74) is 5.12. The summed E-state index contributed by atoms with van der Waals surface area (Å²) in [7, 11) is 0. The molecule has 3 heteroatoms. The Kier molecular flexibility index (Phi) is 5.16. The van der Waals surface area contributed by atoms with Gasteiger partial charge in [0.1, 0.15) is 5.75 Å². The topological polar surface area (TPSA) is 60.7 Å². The Hall–Kier alpha value is -1.84. The summed E-state index contributed by atoms with van der Waals surface area (Å²) < 4.78 is 0. The van der Waals surface area contributed by atoms with Gasteiger partial charge in [-0.05, 0) is 72.9 Å². The van der Waals surface area contributed by atoms with E-state index >= 15 is 0 Å². The molecule has 0 aromatic heterocycles. The second kappa shape index (κ2) is 7.19. The van der Waals surface area contributed by atoms with Crippen molar-refractivity contribution < 1.29 is 15.3 Å². The van der Waals surface area contributed by atoms with E-state index in [0.29, 0.717) is 11.3 Å². The number of benzene rings is 2. The molecule has 3 rings (SSSR count). The standard InChI is InChI=1S/C22H28O3/c1-15-12-17(13-16(2)20(15)21(24)25)14-22(10-4-3-5-11-22)18-6-8-19(23)9-7-18/h6-9,12-13,21,23-25H,3-5,10-11,14H2,1-2H3. The minimum atomic E-state index is -1.42. The maximum absolute atomic E-state index is 9.64. The molecule has 2 aromatic rings. The highest BCUT2D eigenvalue weighted by molar-refractivity contribution is 5.41. The Morgan fingerprint density at radius 1 is 0.920 bits per heavy atom. The van der Waals surface area contributed by atoms with Gasteiger partial charge < -0.3 is 15.3 Å². The van der Waals surface area contributed by atoms with Crippen LogP contribution in [0.5, 0.6) is 5.75 Å². The molecule has 0 radical (unpaired) electrons. The van der Waals surface area contributed by atoms with Crippen LogP contribution in [0.3, 0.4) is 0 Å². The molecule has 2 aromatic carbocycles. The smallest absolute Gasteiger partial charge is 0.178 e. The first-order valence-electron chi connectivity index (χ1n) is 9.17. The van der Waals surface area contributed by atoms with Gasteiger partial charge in [0, 0.05) is 5.56 Å². The Morgan fingerprint density at radius 3 is 2.00 bits per heavy atom. The lowest BCUT2D eigenvalue weighted by molar-refractivity contribution is -0.0433. The van der Waals surface area contributed by atoms with E-state index in [2.05, 4.69) is 24.3 Å². The van der Waals surface area contributed by atoms with E-state index in [1.165, 1.54) is 30.4 Å². The monoisotopic (exact) mass is 340 g/mol. The largest absolute Gasteiger partial charge is 0.508 e. The molecule has 134 valence electrons. The third-order valence-corrected chi connectivity index (χ3v) is 5.74. The highest BCUT2D eigenvalue weighted by Crippen LogP contribution is 2.43. The van der Waals surface area contributed by atoms with Crippen molar-refractivity contribution in [2.24, 2.45) is 0 Å². The summed E-state index contributed by atoms with van der Waals surface area (Å²) in [6.07, 6.45) is 5.57. The van der Waals surface area contributed by atoms with E-state index < -0.39 is 6.29 Å². The first-order chi connectivity index (χ1) is 11.9. The van der Waals surface area contributed by atoms with Gasteiger partial charge in [0.25, 0.3) is 0 Å². The lowest BCUT2D eigenvalue weighted by atomic mass is 9.66. The number of aryl methyl sites for hydroxylation is 2. The Balaban J connectivity index is 1.97. The molecule has 0 unspecified atom stereocenters. The summed E-state index contributed by atoms with van der Waals surface area (Å²) in [6, 6.07) is 11.9. The minimum absolute atomic E-state index is 0.101. The van der Waals surface area contributed by atoms with Crippen LogP contribution in [-0.2, 0) is 11.8 Å². The molecular formula is C22H28O3. The van der Waals surface area contributed by atoms with Gasteiger partial charge in [-0.1, -0.05) is 43.5 Å². The zero-order chi connectivity index (χ0) is 18.0. The zero-order valence-corrected chi connectivity index (χ0v) is 15.1. The first kappa shape index (κ1) is 18.0. The van der Waals surface area contributed by atoms with Gasteiger partial charge in [0.15, 0.2) is 6.29 Å². The van der Waals surface area contributed by atoms with Gasteiger partial charge in [0.2, 0.25) is 0 Å². The van der Waals surface area contributed by atoms with Crippen LogP contribution >= 0.6 is 0 Å². The first-order valence-corrected chi connectivity index (χ1v) is 9.17. The van der Waals surface area contributed by atoms with Gasteiger partial charge in [-0.15, -0.1) is 0 Å². The fourth-order valence-corrected chi connectivity index (χ4v) is 4.58. The number of aromatic hydroxyl groups is 1. The van der Waals surface area contributed by atoms with Crippen molar-refractivity contribution in [2.75, 3.05) is 0 Å². The lowest BCUT2D eigenvalue weighted by Gasteiger charge is -2.38. The van der Waals surface area contributed by atoms with Crippen LogP contribution in [0, 0.1) is 13.8 Å². The van der Waals surface area contributed by atoms with Crippen LogP contribution in [0.1, 0.15) is 66.2 Å². The molecule has 0 heterocycles. The third kappa shape index (κ3) is 3.73. The number of phenols is 1. The molecule has 0 atom stereocenters. The lowest BCUT2D eigenvalue weighted by Crippen LogP contribution is -2.31. The van der Waals surface area contributed by atoms with Crippen molar-refractivity contribution in [1.82, 2.24) is 0 Å². The summed E-state index contributed by atoms with van der Waals surface area (Å²) in [6.45, 7) is 3.89. The number of hydrogen-bond acceptors (Lipinski definition) is 3. The van der Waals surface area contributed by atoms with Gasteiger partial charge in [-0.2, -0.15) is 0 Å². The Bertz CT molecular complexity index is 702. The summed E-state index contributed by atoms with van der Waals surface area (Å²) in [5, 5.41) is 28.8. The van der Waals surface area contributed by atoms with Crippen LogP contribution in [0.25, 0.3) is 0 Å². The highest BCUT2D eigenvalue weighted by Gasteiger charge is 2.34. The SMILES string of the molecule is Cc1cc(CC2(c3ccc(O)cc3)CCCCC2)cc(C)c1C(O)O. The van der Waals surface area contributed by atoms with Crippen LogP contribution < -0.4 is 0 Å². The number of aliphatic hydroxyl groups excluding tert-OH is 1. The van der Waals surface area contributed by atoms with E-state index in [-0.39, 0.29) is 5.41 Å². The quantitative estimate of drug-likeness (QED) is 0.721. The zero-order valence-electron chi connectivity index (χ0n) is 15.1. The molecule has 1 aliphatic rings. The number of rotatable bonds is 4. The molecule has 3 N–H and O–H groups in total. The molecule has 1 fully saturated rings. The molecule has 0 bridgehead atoms. The molecule has 1 saturated carbocycles. The molecule has 0 saturated heterocycles. The third-order valence-electron chi connectivity index (χ3n) is 5.74. The maximum atomic E-state index is 9.64. The van der Waals surface area contributed by atoms with Crippen molar-refractivity contribution in [1.29, 1.82) is 0 Å². The summed E-state index contributed by atoms with van der Waals surface area (Å²) in [5.74, 6) is 0.308. The normalized spacial score (nSPS) is 17.0. The van der Waals surface area contributed by atoms with Crippen molar-refractivity contribution in [3.05, 3.63) is 64.2 Å². The van der Waals surface area contributed by atoms with E-state index in [4.69, 9.17) is 0 Å². The van der Waals surface area contributed by atoms with Crippen molar-refractivity contribution in [3.63, 3.8) is 0 Å². The molecular weight excluding hydrogens is 312 g/mol. The number of aliphatic hydroxyl groups is 2. The Labute approximate surface area is 150 Å². The van der Waals surface area contributed by atoms with Crippen LogP contribution in [-0.4, -0.2) is 15.3 Å². The maximum Gasteiger partial charge on any atom is 0.178 e. The fourth-order valence-electron chi connectivity index (χ4n) is 4.58. The van der Waals surface area contributed by atoms with E-state index in [1.54, 1.807) is 12.1 Å². The fraction of sp³-hybridized carbons (Fsp3) is 0.455. The van der Waals surface area contributed by atoms with E-state index in [1.807, 2.05) is 13.8 Å². The van der Waals surface area contributed by atoms with E-state index in [0.717, 1.165) is 30.4 Å². The molecule has 3 nitrogen and oxygen atoms in total. The second-order valence-electron chi connectivity index (χ2n) is 7.58. The van der Waals surface area contributed by atoms with Crippen molar-refractivity contribution >= 4 is 0 Å². The van der Waals surface area contributed by atoms with Crippen LogP contribution in [0.2, 0.25) is 0 Å². The number of hydrogen-bond donors (Lipinski definition) is 3. The highest BCUT2D eigenvalue weighted by atomic mass is 16.5. The van der Waals surface area contributed by atoms with Gasteiger partial charge in [-0.25, -0.2) is 0 Å². The average Bonchev–Trinajstić information content (AvgIpc) is 2.55. The predicted molar refractivity (Wildman–Crippen MR) is 99.7 cm³/mol. The second-order valence-corrected chi connectivity index (χ2v) is 7.58. The van der Waals surface area contributed by atoms with E-state index in [9.17, 15) is 15.3 Å². The van der Waals surface area contributed by atoms with Crippen molar-refractivity contribution in [3.8, 4) is 5.75 Å². The molecule has 0 aliphatic heterocycles. The van der Waals surface area contributed by atoms with Gasteiger partial charge >= 0.3 is 0 Å². The average molecular weight is 340 g/mol. The van der Waals surface area contributed by atoms with Crippen LogP contribution in [0.4, 0.5) is 0 Å².